The molecule has 16 heavy (non-hydrogen) atoms. The summed E-state index contributed by atoms with van der Waals surface area (Å²) in [7, 11) is 0. The van der Waals surface area contributed by atoms with Gasteiger partial charge in [0.15, 0.2) is 0 Å². The molecule has 88 valence electrons. The Morgan fingerprint density at radius 3 is 2.88 bits per heavy atom. The molecule has 0 aromatic carbocycles. The van der Waals surface area contributed by atoms with Gasteiger partial charge in [0.1, 0.15) is 12.4 Å². The molecule has 0 radical (unpaired) electrons. The van der Waals surface area contributed by atoms with E-state index in [1.165, 1.54) is 6.34 Å². The fourth-order valence-electron chi connectivity index (χ4n) is 1.26. The van der Waals surface area contributed by atoms with Crippen molar-refractivity contribution in [3.63, 3.8) is 0 Å². The largest absolute Gasteiger partial charge is 0.480 e. The number of carbonyl (C=O) groups excluding carboxylic acids is 1. The normalized spacial score (nSPS) is 15.7. The fraction of sp³-hybridized carbons (Fsp3) is 0.556. The van der Waals surface area contributed by atoms with E-state index in [0.29, 0.717) is 12.3 Å². The van der Waals surface area contributed by atoms with Gasteiger partial charge in [0.05, 0.1) is 6.54 Å². The van der Waals surface area contributed by atoms with E-state index in [0.717, 1.165) is 0 Å². The SMILES string of the molecule is NCCC(=O)N[C@H](CC1=NC=NC1)C(=O)O. The van der Waals surface area contributed by atoms with E-state index in [1.54, 1.807) is 0 Å². The maximum Gasteiger partial charge on any atom is 0.326 e. The summed E-state index contributed by atoms with van der Waals surface area (Å²) in [6.45, 7) is 0.596. The Hall–Kier alpha value is -1.76. The first-order chi connectivity index (χ1) is 7.63. The molecule has 1 heterocycles. The van der Waals surface area contributed by atoms with Crippen molar-refractivity contribution in [2.24, 2.45) is 15.7 Å². The minimum atomic E-state index is -1.08. The lowest BCUT2D eigenvalue weighted by molar-refractivity contribution is -0.141. The molecule has 7 nitrogen and oxygen atoms in total. The molecule has 1 amide bonds. The zero-order valence-corrected chi connectivity index (χ0v) is 8.72. The molecule has 0 bridgehead atoms. The molecular formula is C9H14N4O3. The number of hydrogen-bond acceptors (Lipinski definition) is 5. The highest BCUT2D eigenvalue weighted by Gasteiger charge is 2.22. The van der Waals surface area contributed by atoms with Crippen LogP contribution in [0.3, 0.4) is 0 Å². The van der Waals surface area contributed by atoms with Gasteiger partial charge in [-0.2, -0.15) is 0 Å². The van der Waals surface area contributed by atoms with Gasteiger partial charge < -0.3 is 16.2 Å². The second-order valence-corrected chi connectivity index (χ2v) is 3.35. The first-order valence-electron chi connectivity index (χ1n) is 4.89. The summed E-state index contributed by atoms with van der Waals surface area (Å²) in [6.07, 6.45) is 1.67. The summed E-state index contributed by atoms with van der Waals surface area (Å²) in [4.78, 5) is 29.8. The highest BCUT2D eigenvalue weighted by Crippen LogP contribution is 2.00. The van der Waals surface area contributed by atoms with E-state index in [1.807, 2.05) is 0 Å². The molecule has 0 unspecified atom stereocenters. The standard InChI is InChI=1S/C9H14N4O3/c10-2-1-8(14)13-7(9(15)16)3-6-4-11-5-12-6/h5,7H,1-4,10H2,(H,13,14)(H,15,16)/t7-/m1/s1. The van der Waals surface area contributed by atoms with Crippen LogP contribution in [0.4, 0.5) is 0 Å². The van der Waals surface area contributed by atoms with Crippen LogP contribution >= 0.6 is 0 Å². The topological polar surface area (TPSA) is 117 Å². The van der Waals surface area contributed by atoms with Crippen LogP contribution in [0.25, 0.3) is 0 Å². The number of nitrogens with two attached hydrogens (primary N) is 1. The van der Waals surface area contributed by atoms with Gasteiger partial charge in [0, 0.05) is 25.1 Å². The number of nitrogens with one attached hydrogen (secondary N) is 1. The number of rotatable bonds is 6. The van der Waals surface area contributed by atoms with E-state index in [-0.39, 0.29) is 25.3 Å². The number of carbonyl (C=O) groups is 2. The van der Waals surface area contributed by atoms with Crippen molar-refractivity contribution >= 4 is 23.9 Å². The van der Waals surface area contributed by atoms with Crippen molar-refractivity contribution in [2.45, 2.75) is 18.9 Å². The van der Waals surface area contributed by atoms with Gasteiger partial charge in [-0.15, -0.1) is 0 Å². The quantitative estimate of drug-likeness (QED) is 0.526. The minimum absolute atomic E-state index is 0.118. The molecule has 0 aromatic rings. The van der Waals surface area contributed by atoms with Gasteiger partial charge in [-0.25, -0.2) is 9.79 Å². The van der Waals surface area contributed by atoms with Crippen LogP contribution < -0.4 is 11.1 Å². The lowest BCUT2D eigenvalue weighted by Gasteiger charge is -2.13. The molecule has 0 aromatic heterocycles. The Kier molecular flexibility index (Phi) is 4.59. The van der Waals surface area contributed by atoms with Crippen LogP contribution in [0.15, 0.2) is 9.98 Å². The average molecular weight is 226 g/mol. The third kappa shape index (κ3) is 3.77. The highest BCUT2D eigenvalue weighted by molar-refractivity contribution is 5.99. The van der Waals surface area contributed by atoms with E-state index in [9.17, 15) is 9.59 Å². The monoisotopic (exact) mass is 226 g/mol. The first-order valence-corrected chi connectivity index (χ1v) is 4.89. The van der Waals surface area contributed by atoms with Gasteiger partial charge in [0.2, 0.25) is 5.91 Å². The molecule has 0 spiro atoms. The zero-order valence-electron chi connectivity index (χ0n) is 8.72. The van der Waals surface area contributed by atoms with Gasteiger partial charge >= 0.3 is 5.97 Å². The highest BCUT2D eigenvalue weighted by atomic mass is 16.4. The number of carboxylic acid groups (broad SMARTS) is 1. The number of aliphatic carboxylic acids is 1. The molecule has 0 saturated heterocycles. The molecule has 0 fully saturated rings. The summed E-state index contributed by atoms with van der Waals surface area (Å²) >= 11 is 0. The molecule has 1 aliphatic heterocycles. The third-order valence-corrected chi connectivity index (χ3v) is 2.04. The summed E-state index contributed by atoms with van der Waals surface area (Å²) in [5, 5.41) is 11.3. The lowest BCUT2D eigenvalue weighted by Crippen LogP contribution is -2.42. The fourth-order valence-corrected chi connectivity index (χ4v) is 1.26. The van der Waals surface area contributed by atoms with Gasteiger partial charge in [0.25, 0.3) is 0 Å². The Morgan fingerprint density at radius 1 is 1.62 bits per heavy atom. The van der Waals surface area contributed by atoms with E-state index < -0.39 is 12.0 Å². The second kappa shape index (κ2) is 5.96. The molecule has 0 aliphatic carbocycles. The summed E-state index contributed by atoms with van der Waals surface area (Å²) in [5.74, 6) is -1.45. The smallest absolute Gasteiger partial charge is 0.326 e. The first kappa shape index (κ1) is 12.3. The van der Waals surface area contributed by atoms with Crippen LogP contribution in [-0.4, -0.2) is 48.2 Å². The summed E-state index contributed by atoms with van der Waals surface area (Å²) < 4.78 is 0. The van der Waals surface area contributed by atoms with Crippen LogP contribution in [0, 0.1) is 0 Å². The maximum atomic E-state index is 11.2. The van der Waals surface area contributed by atoms with Crippen molar-refractivity contribution in [3.05, 3.63) is 0 Å². The molecular weight excluding hydrogens is 212 g/mol. The number of amides is 1. The van der Waals surface area contributed by atoms with E-state index >= 15 is 0 Å². The van der Waals surface area contributed by atoms with Crippen molar-refractivity contribution < 1.29 is 14.7 Å². The Balaban J connectivity index is 2.47. The predicted octanol–water partition coefficient (Wildman–Crippen LogP) is -1.22. The molecule has 0 saturated carbocycles. The Labute approximate surface area is 92.5 Å². The number of hydrogen-bond donors (Lipinski definition) is 3. The molecule has 4 N–H and O–H groups in total. The van der Waals surface area contributed by atoms with Gasteiger partial charge in [-0.1, -0.05) is 0 Å². The minimum Gasteiger partial charge on any atom is -0.480 e. The van der Waals surface area contributed by atoms with Crippen molar-refractivity contribution in [3.8, 4) is 0 Å². The van der Waals surface area contributed by atoms with Gasteiger partial charge in [-0.05, 0) is 0 Å². The van der Waals surface area contributed by atoms with E-state index in [4.69, 9.17) is 10.8 Å². The maximum absolute atomic E-state index is 11.2. The second-order valence-electron chi connectivity index (χ2n) is 3.35. The molecule has 1 atom stereocenters. The predicted molar refractivity (Wildman–Crippen MR) is 58.6 cm³/mol. The summed E-state index contributed by atoms with van der Waals surface area (Å²) in [6, 6.07) is -0.959. The van der Waals surface area contributed by atoms with Crippen LogP contribution in [-0.2, 0) is 9.59 Å². The molecule has 1 aliphatic rings. The number of nitrogens with zero attached hydrogens (tertiary/aromatic N) is 2. The summed E-state index contributed by atoms with van der Waals surface area (Å²) in [5.41, 5.74) is 5.85. The Morgan fingerprint density at radius 2 is 2.38 bits per heavy atom. The van der Waals surface area contributed by atoms with E-state index in [2.05, 4.69) is 15.3 Å². The molecule has 7 heteroatoms. The van der Waals surface area contributed by atoms with Crippen LogP contribution in [0.2, 0.25) is 0 Å². The van der Waals surface area contributed by atoms with Gasteiger partial charge in [-0.3, -0.25) is 9.79 Å². The van der Waals surface area contributed by atoms with Crippen molar-refractivity contribution in [1.82, 2.24) is 5.32 Å². The average Bonchev–Trinajstić information content (AvgIpc) is 2.69. The number of aliphatic imine (C=N–C) groups is 2. The van der Waals surface area contributed by atoms with Crippen molar-refractivity contribution in [2.75, 3.05) is 13.1 Å². The van der Waals surface area contributed by atoms with Crippen molar-refractivity contribution in [1.29, 1.82) is 0 Å². The van der Waals surface area contributed by atoms with Crippen LogP contribution in [0.1, 0.15) is 12.8 Å². The zero-order chi connectivity index (χ0) is 12.0. The Bertz CT molecular complexity index is 338. The third-order valence-electron chi connectivity index (χ3n) is 2.04. The number of carboxylic acids is 1. The molecule has 1 rings (SSSR count). The van der Waals surface area contributed by atoms with Crippen LogP contribution in [0.5, 0.6) is 0 Å². The lowest BCUT2D eigenvalue weighted by atomic mass is 10.1.